The SMILES string of the molecule is CCCCCCCCCCCCCCCCCCCCCCCCCC(CCC)C1C=CC=CC1. The molecule has 0 fully saturated rings. The Labute approximate surface area is 223 Å². The Bertz CT molecular complexity index is 459. The lowest BCUT2D eigenvalue weighted by atomic mass is 9.81. The van der Waals surface area contributed by atoms with Crippen molar-refractivity contribution in [3.8, 4) is 0 Å². The normalized spacial score (nSPS) is 16.2. The summed E-state index contributed by atoms with van der Waals surface area (Å²) < 4.78 is 0. The van der Waals surface area contributed by atoms with Crippen molar-refractivity contribution in [2.45, 2.75) is 187 Å². The molecule has 0 saturated heterocycles. The fourth-order valence-electron chi connectivity index (χ4n) is 6.08. The second kappa shape index (κ2) is 26.5. The molecule has 0 aromatic heterocycles. The number of rotatable bonds is 27. The number of hydrogen-bond donors (Lipinski definition) is 0. The smallest absolute Gasteiger partial charge is 0.0167 e. The summed E-state index contributed by atoms with van der Waals surface area (Å²) in [5.74, 6) is 1.75. The first-order chi connectivity index (χ1) is 17.4. The van der Waals surface area contributed by atoms with Crippen LogP contribution in [0.4, 0.5) is 0 Å². The molecule has 2 unspecified atom stereocenters. The molecule has 0 amide bonds. The summed E-state index contributed by atoms with van der Waals surface area (Å²) in [5, 5.41) is 0. The standard InChI is InChI=1S/C35H66/c1-3-5-6-7-8-9-10-11-12-13-14-15-16-17-18-19-20-21-22-23-24-25-27-31-34(30-4-2)35-32-28-26-29-33-35/h26,28-29,32,34-35H,3-25,27,30-31,33H2,1-2H3. The molecular weight excluding hydrogens is 420 g/mol. The van der Waals surface area contributed by atoms with Gasteiger partial charge in [0.25, 0.3) is 0 Å². The Morgan fingerprint density at radius 1 is 0.457 bits per heavy atom. The number of unbranched alkanes of at least 4 members (excludes halogenated alkanes) is 22. The Hall–Kier alpha value is -0.520. The van der Waals surface area contributed by atoms with Crippen LogP contribution in [0.5, 0.6) is 0 Å². The van der Waals surface area contributed by atoms with Crippen molar-refractivity contribution >= 4 is 0 Å². The molecular formula is C35H66. The van der Waals surface area contributed by atoms with E-state index in [4.69, 9.17) is 0 Å². The van der Waals surface area contributed by atoms with Gasteiger partial charge in [0.05, 0.1) is 0 Å². The van der Waals surface area contributed by atoms with Crippen molar-refractivity contribution < 1.29 is 0 Å². The maximum Gasteiger partial charge on any atom is -0.0167 e. The van der Waals surface area contributed by atoms with Gasteiger partial charge < -0.3 is 0 Å². The van der Waals surface area contributed by atoms with Gasteiger partial charge in [-0.1, -0.05) is 199 Å². The zero-order chi connectivity index (χ0) is 25.1. The monoisotopic (exact) mass is 487 g/mol. The van der Waals surface area contributed by atoms with Crippen LogP contribution in [0.3, 0.4) is 0 Å². The van der Waals surface area contributed by atoms with E-state index in [0.29, 0.717) is 0 Å². The topological polar surface area (TPSA) is 0 Å². The van der Waals surface area contributed by atoms with Gasteiger partial charge in [-0.15, -0.1) is 0 Å². The second-order valence-corrected chi connectivity index (χ2v) is 11.8. The van der Waals surface area contributed by atoms with Gasteiger partial charge in [-0.25, -0.2) is 0 Å². The van der Waals surface area contributed by atoms with Crippen LogP contribution in [0, 0.1) is 11.8 Å². The largest absolute Gasteiger partial charge is 0.0840 e. The van der Waals surface area contributed by atoms with Crippen molar-refractivity contribution in [2.24, 2.45) is 11.8 Å². The lowest BCUT2D eigenvalue weighted by Crippen LogP contribution is -2.13. The average Bonchev–Trinajstić information content (AvgIpc) is 2.89. The average molecular weight is 487 g/mol. The highest BCUT2D eigenvalue weighted by atomic mass is 14.2. The molecule has 0 nitrogen and oxygen atoms in total. The van der Waals surface area contributed by atoms with Crippen LogP contribution in [0.2, 0.25) is 0 Å². The van der Waals surface area contributed by atoms with E-state index in [1.807, 2.05) is 0 Å². The molecule has 1 rings (SSSR count). The van der Waals surface area contributed by atoms with Crippen LogP contribution >= 0.6 is 0 Å². The summed E-state index contributed by atoms with van der Waals surface area (Å²) in [6, 6.07) is 0. The van der Waals surface area contributed by atoms with E-state index in [0.717, 1.165) is 11.8 Å². The van der Waals surface area contributed by atoms with Crippen LogP contribution in [0.1, 0.15) is 187 Å². The Balaban J connectivity index is 1.74. The molecule has 0 aromatic carbocycles. The van der Waals surface area contributed by atoms with E-state index in [1.165, 1.54) is 173 Å². The molecule has 0 aliphatic heterocycles. The third kappa shape index (κ3) is 21.3. The molecule has 1 aliphatic carbocycles. The van der Waals surface area contributed by atoms with Crippen LogP contribution in [0.15, 0.2) is 24.3 Å². The van der Waals surface area contributed by atoms with Crippen LogP contribution in [0.25, 0.3) is 0 Å². The van der Waals surface area contributed by atoms with Crippen LogP contribution in [-0.4, -0.2) is 0 Å². The van der Waals surface area contributed by atoms with E-state index in [1.54, 1.807) is 0 Å². The van der Waals surface area contributed by atoms with E-state index in [-0.39, 0.29) is 0 Å². The molecule has 0 radical (unpaired) electrons. The molecule has 206 valence electrons. The summed E-state index contributed by atoms with van der Waals surface area (Å²) in [6.07, 6.45) is 48.8. The van der Waals surface area contributed by atoms with Gasteiger partial charge in [-0.2, -0.15) is 0 Å². The van der Waals surface area contributed by atoms with E-state index < -0.39 is 0 Å². The highest BCUT2D eigenvalue weighted by Gasteiger charge is 2.17. The highest BCUT2D eigenvalue weighted by molar-refractivity contribution is 5.11. The van der Waals surface area contributed by atoms with Crippen molar-refractivity contribution in [1.29, 1.82) is 0 Å². The van der Waals surface area contributed by atoms with Crippen molar-refractivity contribution in [3.63, 3.8) is 0 Å². The van der Waals surface area contributed by atoms with Crippen molar-refractivity contribution in [2.75, 3.05) is 0 Å². The maximum absolute atomic E-state index is 2.47. The second-order valence-electron chi connectivity index (χ2n) is 11.8. The number of hydrogen-bond acceptors (Lipinski definition) is 0. The molecule has 0 heteroatoms. The van der Waals surface area contributed by atoms with Crippen molar-refractivity contribution in [1.82, 2.24) is 0 Å². The van der Waals surface area contributed by atoms with Gasteiger partial charge in [0.15, 0.2) is 0 Å². The van der Waals surface area contributed by atoms with Crippen LogP contribution < -0.4 is 0 Å². The molecule has 0 bridgehead atoms. The lowest BCUT2D eigenvalue weighted by Gasteiger charge is -2.25. The lowest BCUT2D eigenvalue weighted by molar-refractivity contribution is 0.329. The first kappa shape index (κ1) is 32.5. The minimum Gasteiger partial charge on any atom is -0.0840 e. The molecule has 0 aromatic rings. The molecule has 1 aliphatic rings. The molecule has 2 atom stereocenters. The first-order valence-corrected chi connectivity index (χ1v) is 16.7. The minimum absolute atomic E-state index is 0.819. The van der Waals surface area contributed by atoms with E-state index in [2.05, 4.69) is 38.2 Å². The van der Waals surface area contributed by atoms with Crippen molar-refractivity contribution in [3.05, 3.63) is 24.3 Å². The zero-order valence-corrected chi connectivity index (χ0v) is 24.6. The summed E-state index contributed by atoms with van der Waals surface area (Å²) in [4.78, 5) is 0. The summed E-state index contributed by atoms with van der Waals surface area (Å²) in [7, 11) is 0. The summed E-state index contributed by atoms with van der Waals surface area (Å²) in [6.45, 7) is 4.66. The molecule has 0 heterocycles. The minimum atomic E-state index is 0.819. The first-order valence-electron chi connectivity index (χ1n) is 16.7. The Morgan fingerprint density at radius 3 is 1.20 bits per heavy atom. The van der Waals surface area contributed by atoms with E-state index >= 15 is 0 Å². The van der Waals surface area contributed by atoms with Gasteiger partial charge in [0.2, 0.25) is 0 Å². The summed E-state index contributed by atoms with van der Waals surface area (Å²) in [5.41, 5.74) is 0. The Kier molecular flexibility index (Phi) is 24.7. The molecule has 0 saturated carbocycles. The van der Waals surface area contributed by atoms with Gasteiger partial charge in [-0.05, 0) is 24.7 Å². The predicted molar refractivity (Wildman–Crippen MR) is 161 cm³/mol. The van der Waals surface area contributed by atoms with E-state index in [9.17, 15) is 0 Å². The zero-order valence-electron chi connectivity index (χ0n) is 24.6. The molecule has 0 N–H and O–H groups in total. The Morgan fingerprint density at radius 2 is 0.857 bits per heavy atom. The summed E-state index contributed by atoms with van der Waals surface area (Å²) >= 11 is 0. The number of allylic oxidation sites excluding steroid dienone is 4. The van der Waals surface area contributed by atoms with Gasteiger partial charge >= 0.3 is 0 Å². The fourth-order valence-corrected chi connectivity index (χ4v) is 6.08. The fraction of sp³-hybridized carbons (Fsp3) is 0.886. The molecule has 0 spiro atoms. The third-order valence-corrected chi connectivity index (χ3v) is 8.46. The van der Waals surface area contributed by atoms with Gasteiger partial charge in [0.1, 0.15) is 0 Å². The highest BCUT2D eigenvalue weighted by Crippen LogP contribution is 2.30. The third-order valence-electron chi connectivity index (χ3n) is 8.46. The quantitative estimate of drug-likeness (QED) is 0.101. The van der Waals surface area contributed by atoms with Gasteiger partial charge in [-0.3, -0.25) is 0 Å². The van der Waals surface area contributed by atoms with Crippen LogP contribution in [-0.2, 0) is 0 Å². The molecule has 35 heavy (non-hydrogen) atoms. The van der Waals surface area contributed by atoms with Gasteiger partial charge in [0, 0.05) is 0 Å². The predicted octanol–water partition coefficient (Wildman–Crippen LogP) is 12.9. The maximum atomic E-state index is 2.47.